The summed E-state index contributed by atoms with van der Waals surface area (Å²) in [6, 6.07) is 16.5. The van der Waals surface area contributed by atoms with Crippen LogP contribution in [0.4, 0.5) is 0 Å². The smallest absolute Gasteiger partial charge is 0.244 e. The molecule has 30 heavy (non-hydrogen) atoms. The summed E-state index contributed by atoms with van der Waals surface area (Å²) in [5, 5.41) is 4.05. The molecule has 0 atom stereocenters. The minimum atomic E-state index is -0.116. The lowest BCUT2D eigenvalue weighted by atomic mass is 9.88. The molecule has 1 heterocycles. The highest BCUT2D eigenvalue weighted by Gasteiger charge is 2.17. The molecular weight excluding hydrogens is 376 g/mol. The van der Waals surface area contributed by atoms with E-state index in [-0.39, 0.29) is 5.91 Å². The second-order valence-corrected chi connectivity index (χ2v) is 7.44. The van der Waals surface area contributed by atoms with Crippen molar-refractivity contribution in [2.75, 3.05) is 14.2 Å². The molecular formula is C25H24N2O3. The van der Waals surface area contributed by atoms with E-state index < -0.39 is 0 Å². The Hall–Kier alpha value is -3.60. The maximum Gasteiger partial charge on any atom is 0.244 e. The Morgan fingerprint density at radius 1 is 0.833 bits per heavy atom. The van der Waals surface area contributed by atoms with E-state index in [0.29, 0.717) is 6.42 Å². The van der Waals surface area contributed by atoms with Crippen LogP contribution in [-0.2, 0) is 11.2 Å². The molecule has 5 nitrogen and oxygen atoms in total. The first kappa shape index (κ1) is 19.7. The third-order valence-corrected chi connectivity index (χ3v) is 5.43. The Morgan fingerprint density at radius 2 is 1.40 bits per heavy atom. The summed E-state index contributed by atoms with van der Waals surface area (Å²) in [5.41, 5.74) is 10.8. The molecule has 1 N–H and O–H groups in total. The summed E-state index contributed by atoms with van der Waals surface area (Å²) in [6.07, 6.45) is 2.00. The summed E-state index contributed by atoms with van der Waals surface area (Å²) >= 11 is 0. The van der Waals surface area contributed by atoms with Gasteiger partial charge in [-0.15, -0.1) is 0 Å². The summed E-state index contributed by atoms with van der Waals surface area (Å²) in [4.78, 5) is 12.0. The molecule has 0 fully saturated rings. The fraction of sp³-hybridized carbons (Fsp3) is 0.200. The maximum atomic E-state index is 12.0. The van der Waals surface area contributed by atoms with Gasteiger partial charge in [-0.25, -0.2) is 5.43 Å². The maximum absolute atomic E-state index is 12.0. The van der Waals surface area contributed by atoms with Crippen LogP contribution in [0.5, 0.6) is 11.5 Å². The zero-order valence-corrected chi connectivity index (χ0v) is 17.6. The van der Waals surface area contributed by atoms with Gasteiger partial charge in [0, 0.05) is 0 Å². The minimum absolute atomic E-state index is 0.116. The highest BCUT2D eigenvalue weighted by molar-refractivity contribution is 5.95. The molecule has 152 valence electrons. The Morgan fingerprint density at radius 3 is 1.93 bits per heavy atom. The van der Waals surface area contributed by atoms with Gasteiger partial charge < -0.3 is 9.47 Å². The van der Waals surface area contributed by atoms with Crippen LogP contribution in [-0.4, -0.2) is 26.3 Å². The van der Waals surface area contributed by atoms with Crippen molar-refractivity contribution in [1.82, 2.24) is 5.43 Å². The number of rotatable bonds is 4. The molecule has 1 aliphatic rings. The van der Waals surface area contributed by atoms with Crippen LogP contribution in [0.3, 0.4) is 0 Å². The molecule has 1 amide bonds. The first-order valence-corrected chi connectivity index (χ1v) is 9.79. The highest BCUT2D eigenvalue weighted by atomic mass is 16.5. The van der Waals surface area contributed by atoms with E-state index in [9.17, 15) is 4.79 Å². The van der Waals surface area contributed by atoms with Crippen LogP contribution < -0.4 is 14.9 Å². The predicted molar refractivity (Wildman–Crippen MR) is 119 cm³/mol. The molecule has 0 radical (unpaired) electrons. The summed E-state index contributed by atoms with van der Waals surface area (Å²) in [5.74, 6) is 1.59. The average molecular weight is 400 g/mol. The Labute approximate surface area is 176 Å². The van der Waals surface area contributed by atoms with Crippen molar-refractivity contribution in [2.45, 2.75) is 20.3 Å². The number of nitrogens with one attached hydrogen (secondary N) is 1. The number of hydrazone groups is 1. The highest BCUT2D eigenvalue weighted by Crippen LogP contribution is 2.38. The molecule has 0 aliphatic carbocycles. The molecule has 0 spiro atoms. The van der Waals surface area contributed by atoms with Crippen molar-refractivity contribution < 1.29 is 14.3 Å². The number of methoxy groups -OCH3 is 2. The third-order valence-electron chi connectivity index (χ3n) is 5.43. The van der Waals surface area contributed by atoms with Gasteiger partial charge in [-0.05, 0) is 94.8 Å². The van der Waals surface area contributed by atoms with Crippen LogP contribution in [0.15, 0.2) is 53.6 Å². The number of carbonyl (C=O) groups excluding carboxylic acids is 1. The van der Waals surface area contributed by atoms with Crippen molar-refractivity contribution in [2.24, 2.45) is 5.10 Å². The fourth-order valence-corrected chi connectivity index (χ4v) is 3.89. The van der Waals surface area contributed by atoms with Crippen molar-refractivity contribution in [3.63, 3.8) is 0 Å². The Kier molecular flexibility index (Phi) is 5.27. The van der Waals surface area contributed by atoms with Gasteiger partial charge in [0.1, 0.15) is 11.5 Å². The van der Waals surface area contributed by atoms with Gasteiger partial charge in [0.05, 0.1) is 26.9 Å². The number of ether oxygens (including phenoxy) is 2. The molecule has 0 saturated heterocycles. The number of nitrogens with zero attached hydrogens (tertiary/aromatic N) is 1. The van der Waals surface area contributed by atoms with E-state index in [1.54, 1.807) is 20.4 Å². The van der Waals surface area contributed by atoms with Crippen molar-refractivity contribution >= 4 is 12.1 Å². The SMILES string of the molecule is COc1ccc(-c2cc3c(cc2-c2ccc(OC)c(C)c2)CC(=O)NN=C3)cc1C. The zero-order chi connectivity index (χ0) is 21.3. The molecule has 4 rings (SSSR count). The lowest BCUT2D eigenvalue weighted by molar-refractivity contribution is -0.120. The van der Waals surface area contributed by atoms with Gasteiger partial charge in [-0.3, -0.25) is 4.79 Å². The van der Waals surface area contributed by atoms with E-state index in [1.807, 2.05) is 26.0 Å². The molecule has 0 bridgehead atoms. The Bertz CT molecular complexity index is 1170. The zero-order valence-electron chi connectivity index (χ0n) is 17.6. The standard InChI is InChI=1S/C25H24N2O3/c1-15-9-17(5-7-23(15)29-3)21-11-19-13-25(28)27-26-14-20(19)12-22(21)18-6-8-24(30-4)16(2)10-18/h5-12,14H,13H2,1-4H3,(H,27,28). The topological polar surface area (TPSA) is 59.9 Å². The van der Waals surface area contributed by atoms with Gasteiger partial charge in [0.25, 0.3) is 0 Å². The second-order valence-electron chi connectivity index (χ2n) is 7.44. The normalized spacial score (nSPS) is 12.7. The summed E-state index contributed by atoms with van der Waals surface area (Å²) < 4.78 is 10.9. The number of carbonyl (C=O) groups is 1. The van der Waals surface area contributed by atoms with Crippen LogP contribution in [0, 0.1) is 13.8 Å². The molecule has 1 aliphatic heterocycles. The van der Waals surface area contributed by atoms with Gasteiger partial charge in [-0.2, -0.15) is 5.10 Å². The largest absolute Gasteiger partial charge is 0.496 e. The van der Waals surface area contributed by atoms with E-state index in [0.717, 1.165) is 56.0 Å². The van der Waals surface area contributed by atoms with E-state index in [2.05, 4.69) is 46.9 Å². The summed E-state index contributed by atoms with van der Waals surface area (Å²) in [6.45, 7) is 4.07. The van der Waals surface area contributed by atoms with Crippen molar-refractivity contribution in [3.8, 4) is 33.8 Å². The van der Waals surface area contributed by atoms with Crippen LogP contribution in [0.25, 0.3) is 22.3 Å². The van der Waals surface area contributed by atoms with E-state index in [4.69, 9.17) is 9.47 Å². The molecule has 3 aromatic carbocycles. The predicted octanol–water partition coefficient (Wildman–Crippen LogP) is 4.66. The number of benzene rings is 3. The number of fused-ring (bicyclic) bond motifs is 1. The van der Waals surface area contributed by atoms with Gasteiger partial charge in [0.15, 0.2) is 0 Å². The molecule has 0 saturated carbocycles. The number of aryl methyl sites for hydroxylation is 2. The average Bonchev–Trinajstić information content (AvgIpc) is 2.92. The van der Waals surface area contributed by atoms with Crippen molar-refractivity contribution in [1.29, 1.82) is 0 Å². The fourth-order valence-electron chi connectivity index (χ4n) is 3.89. The first-order chi connectivity index (χ1) is 14.5. The number of amides is 1. The lowest BCUT2D eigenvalue weighted by Gasteiger charge is -2.17. The quantitative estimate of drug-likeness (QED) is 0.693. The van der Waals surface area contributed by atoms with Gasteiger partial charge in [0.2, 0.25) is 5.91 Å². The van der Waals surface area contributed by atoms with E-state index >= 15 is 0 Å². The van der Waals surface area contributed by atoms with E-state index in [1.165, 1.54) is 0 Å². The van der Waals surface area contributed by atoms with Crippen molar-refractivity contribution in [3.05, 3.63) is 70.8 Å². The third kappa shape index (κ3) is 3.66. The Balaban J connectivity index is 1.95. The monoisotopic (exact) mass is 400 g/mol. The molecule has 0 aromatic heterocycles. The molecule has 3 aromatic rings. The first-order valence-electron chi connectivity index (χ1n) is 9.79. The lowest BCUT2D eigenvalue weighted by Crippen LogP contribution is -2.17. The van der Waals surface area contributed by atoms with Gasteiger partial charge in [-0.1, -0.05) is 12.1 Å². The number of hydrogen-bond acceptors (Lipinski definition) is 4. The summed E-state index contributed by atoms with van der Waals surface area (Å²) in [7, 11) is 3.35. The van der Waals surface area contributed by atoms with Gasteiger partial charge >= 0.3 is 0 Å². The minimum Gasteiger partial charge on any atom is -0.496 e. The van der Waals surface area contributed by atoms with Crippen LogP contribution in [0.1, 0.15) is 22.3 Å². The molecule has 0 unspecified atom stereocenters. The molecule has 5 heteroatoms. The van der Waals surface area contributed by atoms with Crippen LogP contribution in [0.2, 0.25) is 0 Å². The second kappa shape index (κ2) is 8.03. The number of hydrogen-bond donors (Lipinski definition) is 1. The van der Waals surface area contributed by atoms with Crippen LogP contribution >= 0.6 is 0 Å².